The molecule has 0 aliphatic carbocycles. The average molecular weight is 300 g/mol. The van der Waals surface area contributed by atoms with E-state index in [9.17, 15) is 4.79 Å². The zero-order chi connectivity index (χ0) is 14.9. The lowest BCUT2D eigenvalue weighted by Crippen LogP contribution is -2.25. The summed E-state index contributed by atoms with van der Waals surface area (Å²) < 4.78 is 6.80. The van der Waals surface area contributed by atoms with Crippen LogP contribution in [0.2, 0.25) is 5.02 Å². The van der Waals surface area contributed by atoms with Crippen LogP contribution in [0.3, 0.4) is 0 Å². The second kappa shape index (κ2) is 6.14. The monoisotopic (exact) mass is 299 g/mol. The van der Waals surface area contributed by atoms with Gasteiger partial charge in [0.1, 0.15) is 0 Å². The summed E-state index contributed by atoms with van der Waals surface area (Å²) in [5.74, 6) is 0.143. The molecular weight excluding hydrogens is 278 g/mol. The van der Waals surface area contributed by atoms with Crippen molar-refractivity contribution >= 4 is 17.6 Å². The minimum absolute atomic E-state index is 0.0436. The molecule has 0 spiro atoms. The largest absolute Gasteiger partial charge is 0.469 e. The quantitative estimate of drug-likeness (QED) is 0.799. The Hall–Kier alpha value is -1.07. The van der Waals surface area contributed by atoms with Gasteiger partial charge in [0.15, 0.2) is 0 Å². The van der Waals surface area contributed by atoms with Crippen molar-refractivity contribution in [2.75, 3.05) is 20.2 Å². The molecule has 2 heterocycles. The molecule has 0 bridgehead atoms. The Morgan fingerprint density at radius 2 is 2.20 bits per heavy atom. The number of halogens is 1. The molecule has 0 aromatic carbocycles. The summed E-state index contributed by atoms with van der Waals surface area (Å²) in [4.78, 5) is 14.0. The first kappa shape index (κ1) is 15.3. The summed E-state index contributed by atoms with van der Waals surface area (Å²) in [6.07, 6.45) is 0. The third-order valence-electron chi connectivity index (χ3n) is 4.02. The SMILES string of the molecule is CCn1nc(C)c(Cl)c1CN1CC(C)C(C(=O)OC)C1. The molecule has 20 heavy (non-hydrogen) atoms. The standard InChI is InChI=1S/C14H22ClN3O2/c1-5-18-12(13(15)10(3)16-18)8-17-6-9(2)11(7-17)14(19)20-4/h9,11H,5-8H2,1-4H3. The van der Waals surface area contributed by atoms with Gasteiger partial charge in [0.25, 0.3) is 0 Å². The number of rotatable bonds is 4. The van der Waals surface area contributed by atoms with E-state index in [1.54, 1.807) is 0 Å². The molecule has 0 N–H and O–H groups in total. The van der Waals surface area contributed by atoms with Crippen LogP contribution >= 0.6 is 11.6 Å². The Kier molecular flexibility index (Phi) is 4.70. The second-order valence-electron chi connectivity index (χ2n) is 5.46. The van der Waals surface area contributed by atoms with Gasteiger partial charge in [-0.25, -0.2) is 0 Å². The predicted octanol–water partition coefficient (Wildman–Crippen LogP) is 2.11. The van der Waals surface area contributed by atoms with E-state index in [-0.39, 0.29) is 11.9 Å². The van der Waals surface area contributed by atoms with Crippen molar-refractivity contribution in [1.82, 2.24) is 14.7 Å². The molecule has 2 atom stereocenters. The zero-order valence-electron chi connectivity index (χ0n) is 12.5. The molecule has 112 valence electrons. The lowest BCUT2D eigenvalue weighted by molar-refractivity contribution is -0.146. The van der Waals surface area contributed by atoms with E-state index in [0.717, 1.165) is 42.6 Å². The first-order chi connectivity index (χ1) is 9.47. The Morgan fingerprint density at radius 3 is 2.80 bits per heavy atom. The number of nitrogens with zero attached hydrogens (tertiary/aromatic N) is 3. The number of aryl methyl sites for hydroxylation is 2. The number of methoxy groups -OCH3 is 1. The van der Waals surface area contributed by atoms with Crippen molar-refractivity contribution in [1.29, 1.82) is 0 Å². The van der Waals surface area contributed by atoms with Gasteiger partial charge in [-0.05, 0) is 19.8 Å². The predicted molar refractivity (Wildman–Crippen MR) is 77.6 cm³/mol. The maximum Gasteiger partial charge on any atom is 0.310 e. The molecule has 1 fully saturated rings. The first-order valence-corrected chi connectivity index (χ1v) is 7.37. The Bertz CT molecular complexity index is 501. The zero-order valence-corrected chi connectivity index (χ0v) is 13.3. The number of hydrogen-bond donors (Lipinski definition) is 0. The summed E-state index contributed by atoms with van der Waals surface area (Å²) in [7, 11) is 1.45. The summed E-state index contributed by atoms with van der Waals surface area (Å²) in [5.41, 5.74) is 1.89. The van der Waals surface area contributed by atoms with Gasteiger partial charge in [-0.15, -0.1) is 0 Å². The number of esters is 1. The highest BCUT2D eigenvalue weighted by Crippen LogP contribution is 2.28. The highest BCUT2D eigenvalue weighted by atomic mass is 35.5. The lowest BCUT2D eigenvalue weighted by atomic mass is 9.99. The van der Waals surface area contributed by atoms with E-state index in [2.05, 4.69) is 23.8 Å². The summed E-state index contributed by atoms with van der Waals surface area (Å²) >= 11 is 6.33. The van der Waals surface area contributed by atoms with Crippen molar-refractivity contribution in [2.24, 2.45) is 11.8 Å². The van der Waals surface area contributed by atoms with E-state index in [1.807, 2.05) is 11.6 Å². The molecule has 2 rings (SSSR count). The number of aromatic nitrogens is 2. The van der Waals surface area contributed by atoms with E-state index >= 15 is 0 Å². The van der Waals surface area contributed by atoms with Crippen LogP contribution in [-0.2, 0) is 22.6 Å². The van der Waals surface area contributed by atoms with Crippen LogP contribution in [0.5, 0.6) is 0 Å². The molecule has 2 unspecified atom stereocenters. The third-order valence-corrected chi connectivity index (χ3v) is 4.51. The fraction of sp³-hybridized carbons (Fsp3) is 0.714. The van der Waals surface area contributed by atoms with Crippen LogP contribution in [0.1, 0.15) is 25.2 Å². The van der Waals surface area contributed by atoms with Gasteiger partial charge >= 0.3 is 5.97 Å². The second-order valence-corrected chi connectivity index (χ2v) is 5.84. The molecule has 1 aliphatic rings. The first-order valence-electron chi connectivity index (χ1n) is 6.99. The fourth-order valence-corrected chi connectivity index (χ4v) is 3.08. The number of ether oxygens (including phenoxy) is 1. The molecule has 0 radical (unpaired) electrons. The normalized spacial score (nSPS) is 23.2. The molecule has 1 saturated heterocycles. The highest BCUT2D eigenvalue weighted by molar-refractivity contribution is 6.31. The van der Waals surface area contributed by atoms with E-state index in [4.69, 9.17) is 16.3 Å². The molecule has 0 saturated carbocycles. The smallest absolute Gasteiger partial charge is 0.310 e. The summed E-state index contributed by atoms with van der Waals surface area (Å²) in [6, 6.07) is 0. The van der Waals surface area contributed by atoms with Gasteiger partial charge in [-0.3, -0.25) is 14.4 Å². The molecule has 5 nitrogen and oxygen atoms in total. The average Bonchev–Trinajstić information content (AvgIpc) is 2.93. The van der Waals surface area contributed by atoms with Gasteiger partial charge < -0.3 is 4.74 Å². The molecule has 1 aromatic rings. The lowest BCUT2D eigenvalue weighted by Gasteiger charge is -2.16. The van der Waals surface area contributed by atoms with Crippen LogP contribution in [0.25, 0.3) is 0 Å². The molecule has 1 aromatic heterocycles. The van der Waals surface area contributed by atoms with E-state index in [1.165, 1.54) is 7.11 Å². The van der Waals surface area contributed by atoms with E-state index in [0.29, 0.717) is 5.92 Å². The fourth-order valence-electron chi connectivity index (χ4n) is 2.89. The van der Waals surface area contributed by atoms with Crippen LogP contribution < -0.4 is 0 Å². The van der Waals surface area contributed by atoms with Crippen LogP contribution in [0.15, 0.2) is 0 Å². The van der Waals surface area contributed by atoms with Crippen molar-refractivity contribution in [3.63, 3.8) is 0 Å². The Morgan fingerprint density at radius 1 is 1.50 bits per heavy atom. The minimum Gasteiger partial charge on any atom is -0.469 e. The molecule has 1 aliphatic heterocycles. The maximum atomic E-state index is 11.7. The highest BCUT2D eigenvalue weighted by Gasteiger charge is 2.36. The van der Waals surface area contributed by atoms with Crippen LogP contribution in [0.4, 0.5) is 0 Å². The van der Waals surface area contributed by atoms with Gasteiger partial charge in [0.2, 0.25) is 0 Å². The topological polar surface area (TPSA) is 47.4 Å². The van der Waals surface area contributed by atoms with Crippen molar-refractivity contribution in [2.45, 2.75) is 33.9 Å². The Balaban J connectivity index is 2.10. The summed E-state index contributed by atoms with van der Waals surface area (Å²) in [5, 5.41) is 5.16. The van der Waals surface area contributed by atoms with Crippen LogP contribution in [0, 0.1) is 18.8 Å². The van der Waals surface area contributed by atoms with Gasteiger partial charge in [0, 0.05) is 26.2 Å². The number of carbonyl (C=O) groups is 1. The van der Waals surface area contributed by atoms with Crippen molar-refractivity contribution in [3.8, 4) is 0 Å². The summed E-state index contributed by atoms with van der Waals surface area (Å²) in [6.45, 7) is 9.18. The van der Waals surface area contributed by atoms with Gasteiger partial charge in [-0.1, -0.05) is 18.5 Å². The number of carbonyl (C=O) groups excluding carboxylic acids is 1. The third kappa shape index (κ3) is 2.83. The van der Waals surface area contributed by atoms with Gasteiger partial charge in [0.05, 0.1) is 29.4 Å². The molecular formula is C14H22ClN3O2. The maximum absolute atomic E-state index is 11.7. The molecule has 6 heteroatoms. The molecule has 0 amide bonds. The number of hydrogen-bond acceptors (Lipinski definition) is 4. The van der Waals surface area contributed by atoms with Crippen molar-refractivity contribution in [3.05, 3.63) is 16.4 Å². The van der Waals surface area contributed by atoms with Gasteiger partial charge in [-0.2, -0.15) is 5.10 Å². The number of likely N-dealkylation sites (tertiary alicyclic amines) is 1. The van der Waals surface area contributed by atoms with Crippen molar-refractivity contribution < 1.29 is 9.53 Å². The Labute approximate surface area is 124 Å². The minimum atomic E-state index is -0.119. The van der Waals surface area contributed by atoms with Crippen LogP contribution in [-0.4, -0.2) is 40.8 Å². The van der Waals surface area contributed by atoms with E-state index < -0.39 is 0 Å².